The molecular weight excluding hydrogens is 432 g/mol. The van der Waals surface area contributed by atoms with Gasteiger partial charge >= 0.3 is 0 Å². The average molecular weight is 463 g/mol. The van der Waals surface area contributed by atoms with E-state index in [0.717, 1.165) is 48.8 Å². The minimum Gasteiger partial charge on any atom is -0.369 e. The van der Waals surface area contributed by atoms with E-state index in [1.54, 1.807) is 0 Å². The summed E-state index contributed by atoms with van der Waals surface area (Å²) in [6, 6.07) is 21.3. The molecule has 3 aromatic rings. The smallest absolute Gasteiger partial charge is 0.257 e. The van der Waals surface area contributed by atoms with E-state index in [-0.39, 0.29) is 5.91 Å². The first-order chi connectivity index (χ1) is 16.0. The topological polar surface area (TPSA) is 47.6 Å². The number of nitrogens with one attached hydrogen (secondary N) is 2. The second kappa shape index (κ2) is 10.7. The highest BCUT2D eigenvalue weighted by atomic mass is 35.5. The molecule has 0 radical (unpaired) electrons. The van der Waals surface area contributed by atoms with Gasteiger partial charge in [0.15, 0.2) is 0 Å². The lowest BCUT2D eigenvalue weighted by molar-refractivity contribution is 0.102. The van der Waals surface area contributed by atoms with Crippen LogP contribution in [-0.4, -0.2) is 43.5 Å². The number of anilines is 4. The largest absolute Gasteiger partial charge is 0.369 e. The third kappa shape index (κ3) is 5.67. The molecule has 0 aromatic heterocycles. The van der Waals surface area contributed by atoms with E-state index < -0.39 is 0 Å². The maximum absolute atomic E-state index is 13.1. The lowest BCUT2D eigenvalue weighted by atomic mass is 10.1. The number of amides is 1. The van der Waals surface area contributed by atoms with Crippen molar-refractivity contribution in [1.82, 2.24) is 4.90 Å². The van der Waals surface area contributed by atoms with Gasteiger partial charge in [-0.15, -0.1) is 0 Å². The summed E-state index contributed by atoms with van der Waals surface area (Å²) in [5.41, 5.74) is 5.12. The van der Waals surface area contributed by atoms with Crippen LogP contribution in [0.4, 0.5) is 22.7 Å². The van der Waals surface area contributed by atoms with E-state index in [9.17, 15) is 4.79 Å². The predicted octanol–water partition coefficient (Wildman–Crippen LogP) is 6.18. The van der Waals surface area contributed by atoms with Crippen molar-refractivity contribution >= 4 is 40.3 Å². The fourth-order valence-corrected chi connectivity index (χ4v) is 4.35. The van der Waals surface area contributed by atoms with Crippen molar-refractivity contribution in [3.8, 4) is 0 Å². The molecule has 1 saturated heterocycles. The molecule has 0 atom stereocenters. The summed E-state index contributed by atoms with van der Waals surface area (Å²) in [4.78, 5) is 18.0. The van der Waals surface area contributed by atoms with Gasteiger partial charge in [0.05, 0.1) is 11.3 Å². The fourth-order valence-electron chi connectivity index (χ4n) is 4.18. The summed E-state index contributed by atoms with van der Waals surface area (Å²) < 4.78 is 0. The maximum Gasteiger partial charge on any atom is 0.257 e. The first-order valence-electron chi connectivity index (χ1n) is 11.5. The highest BCUT2D eigenvalue weighted by Crippen LogP contribution is 2.28. The second-order valence-electron chi connectivity index (χ2n) is 8.41. The zero-order chi connectivity index (χ0) is 23.2. The lowest BCUT2D eigenvalue weighted by Crippen LogP contribution is -2.46. The van der Waals surface area contributed by atoms with Crippen LogP contribution in [0, 0.1) is 6.92 Å². The van der Waals surface area contributed by atoms with Crippen molar-refractivity contribution in [1.29, 1.82) is 0 Å². The standard InChI is InChI=1S/C27H31ClN4O/c1-3-15-31-16-18-32(19-17-31)22-13-11-21(12-14-22)29-27(33)23-7-4-5-9-26(23)30-25-10-6-8-24(28)20(25)2/h4-14,30H,3,15-19H2,1-2H3,(H,29,33). The summed E-state index contributed by atoms with van der Waals surface area (Å²) in [5, 5.41) is 7.08. The van der Waals surface area contributed by atoms with E-state index in [4.69, 9.17) is 11.6 Å². The van der Waals surface area contributed by atoms with E-state index in [0.29, 0.717) is 10.6 Å². The molecule has 0 aliphatic carbocycles. The minimum absolute atomic E-state index is 0.154. The molecule has 4 rings (SSSR count). The molecule has 1 fully saturated rings. The molecule has 1 aliphatic rings. The molecule has 33 heavy (non-hydrogen) atoms. The molecule has 2 N–H and O–H groups in total. The van der Waals surface area contributed by atoms with Crippen LogP contribution in [0.1, 0.15) is 29.3 Å². The van der Waals surface area contributed by atoms with Crippen LogP contribution in [0.15, 0.2) is 66.7 Å². The number of benzene rings is 3. The van der Waals surface area contributed by atoms with Crippen LogP contribution in [0.25, 0.3) is 0 Å². The van der Waals surface area contributed by atoms with Gasteiger partial charge in [0.2, 0.25) is 0 Å². The van der Waals surface area contributed by atoms with Gasteiger partial charge in [-0.2, -0.15) is 0 Å². The summed E-state index contributed by atoms with van der Waals surface area (Å²) in [6.07, 6.45) is 1.20. The van der Waals surface area contributed by atoms with Gasteiger partial charge in [0, 0.05) is 48.3 Å². The Morgan fingerprint density at radius 2 is 1.61 bits per heavy atom. The highest BCUT2D eigenvalue weighted by Gasteiger charge is 2.17. The summed E-state index contributed by atoms with van der Waals surface area (Å²) >= 11 is 6.25. The second-order valence-corrected chi connectivity index (χ2v) is 8.82. The van der Waals surface area contributed by atoms with Crippen molar-refractivity contribution in [2.75, 3.05) is 48.3 Å². The molecule has 172 valence electrons. The van der Waals surface area contributed by atoms with Gasteiger partial charge in [-0.1, -0.05) is 36.7 Å². The Balaban J connectivity index is 1.42. The van der Waals surface area contributed by atoms with Crippen LogP contribution in [0.2, 0.25) is 5.02 Å². The van der Waals surface area contributed by atoms with Crippen molar-refractivity contribution in [3.05, 3.63) is 82.9 Å². The molecule has 6 heteroatoms. The number of hydrogen-bond acceptors (Lipinski definition) is 4. The molecule has 5 nitrogen and oxygen atoms in total. The monoisotopic (exact) mass is 462 g/mol. The van der Waals surface area contributed by atoms with Crippen LogP contribution in [0.5, 0.6) is 0 Å². The number of nitrogens with zero attached hydrogens (tertiary/aromatic N) is 2. The molecule has 3 aromatic carbocycles. The van der Waals surface area contributed by atoms with Crippen LogP contribution < -0.4 is 15.5 Å². The molecule has 1 amide bonds. The van der Waals surface area contributed by atoms with E-state index in [2.05, 4.69) is 39.5 Å². The minimum atomic E-state index is -0.154. The Morgan fingerprint density at radius 1 is 0.909 bits per heavy atom. The van der Waals surface area contributed by atoms with Crippen LogP contribution in [0.3, 0.4) is 0 Å². The number of hydrogen-bond donors (Lipinski definition) is 2. The Morgan fingerprint density at radius 3 is 2.33 bits per heavy atom. The van der Waals surface area contributed by atoms with Crippen LogP contribution >= 0.6 is 11.6 Å². The zero-order valence-corrected chi connectivity index (χ0v) is 20.0. The van der Waals surface area contributed by atoms with Crippen LogP contribution in [-0.2, 0) is 0 Å². The fraction of sp³-hybridized carbons (Fsp3) is 0.296. The van der Waals surface area contributed by atoms with E-state index in [1.807, 2.05) is 61.5 Å². The third-order valence-electron chi connectivity index (χ3n) is 6.11. The normalized spacial score (nSPS) is 14.2. The van der Waals surface area contributed by atoms with Crippen molar-refractivity contribution < 1.29 is 4.79 Å². The summed E-state index contributed by atoms with van der Waals surface area (Å²) in [5.74, 6) is -0.154. The van der Waals surface area contributed by atoms with E-state index >= 15 is 0 Å². The van der Waals surface area contributed by atoms with Gasteiger partial charge in [0.25, 0.3) is 5.91 Å². The predicted molar refractivity (Wildman–Crippen MR) is 139 cm³/mol. The zero-order valence-electron chi connectivity index (χ0n) is 19.3. The van der Waals surface area contributed by atoms with Gasteiger partial charge in [-0.05, 0) is 74.0 Å². The molecule has 1 aliphatic heterocycles. The Hall–Kier alpha value is -3.02. The average Bonchev–Trinajstić information content (AvgIpc) is 2.83. The molecular formula is C27H31ClN4O. The van der Waals surface area contributed by atoms with Crippen molar-refractivity contribution in [3.63, 3.8) is 0 Å². The molecule has 0 saturated carbocycles. The molecule has 0 unspecified atom stereocenters. The first-order valence-corrected chi connectivity index (χ1v) is 11.9. The number of para-hydroxylation sites is 1. The van der Waals surface area contributed by atoms with E-state index in [1.165, 1.54) is 18.7 Å². The van der Waals surface area contributed by atoms with Crippen molar-refractivity contribution in [2.24, 2.45) is 0 Å². The maximum atomic E-state index is 13.1. The number of rotatable bonds is 7. The summed E-state index contributed by atoms with van der Waals surface area (Å²) in [7, 11) is 0. The van der Waals surface area contributed by atoms with Gasteiger partial charge in [-0.3, -0.25) is 9.69 Å². The number of halogens is 1. The lowest BCUT2D eigenvalue weighted by Gasteiger charge is -2.36. The first kappa shape index (κ1) is 23.1. The van der Waals surface area contributed by atoms with Gasteiger partial charge in [0.1, 0.15) is 0 Å². The Kier molecular flexibility index (Phi) is 7.53. The SMILES string of the molecule is CCCN1CCN(c2ccc(NC(=O)c3ccccc3Nc3cccc(Cl)c3C)cc2)CC1. The number of carbonyl (C=O) groups is 1. The highest BCUT2D eigenvalue weighted by molar-refractivity contribution is 6.31. The quantitative estimate of drug-likeness (QED) is 0.440. The Bertz CT molecular complexity index is 1090. The van der Waals surface area contributed by atoms with Gasteiger partial charge in [-0.25, -0.2) is 0 Å². The van der Waals surface area contributed by atoms with Gasteiger partial charge < -0.3 is 15.5 Å². The number of piperazine rings is 1. The number of carbonyl (C=O) groups excluding carboxylic acids is 1. The third-order valence-corrected chi connectivity index (χ3v) is 6.52. The van der Waals surface area contributed by atoms with Crippen molar-refractivity contribution in [2.45, 2.75) is 20.3 Å². The molecule has 0 spiro atoms. The Labute approximate surface area is 201 Å². The molecule has 1 heterocycles. The molecule has 0 bridgehead atoms. The summed E-state index contributed by atoms with van der Waals surface area (Å²) in [6.45, 7) is 9.63.